The summed E-state index contributed by atoms with van der Waals surface area (Å²) in [4.78, 5) is 5.16. The molecule has 0 amide bonds. The van der Waals surface area contributed by atoms with Gasteiger partial charge in [-0.25, -0.2) is 0 Å². The first-order chi connectivity index (χ1) is 8.77. The van der Waals surface area contributed by atoms with Crippen molar-refractivity contribution in [1.29, 1.82) is 0 Å². The molecule has 0 unspecified atom stereocenters. The first-order valence-corrected chi connectivity index (χ1v) is 6.62. The van der Waals surface area contributed by atoms with Crippen LogP contribution in [0, 0.1) is 0 Å². The van der Waals surface area contributed by atoms with Crippen LogP contribution < -0.4 is 11.5 Å². The van der Waals surface area contributed by atoms with E-state index in [1.54, 1.807) is 0 Å². The molecule has 4 nitrogen and oxygen atoms in total. The summed E-state index contributed by atoms with van der Waals surface area (Å²) in [6.07, 6.45) is 2.78. The molecule has 1 aromatic carbocycles. The van der Waals surface area contributed by atoms with Gasteiger partial charge in [0.2, 0.25) is 0 Å². The molecule has 0 aliphatic heterocycles. The second kappa shape index (κ2) is 8.78. The fraction of sp³-hybridized carbons (Fsp3) is 0.462. The van der Waals surface area contributed by atoms with Gasteiger partial charge in [-0.2, -0.15) is 0 Å². The number of unbranched alkanes of at least 4 members (excludes halogenated alkanes) is 1. The van der Waals surface area contributed by atoms with Crippen LogP contribution in [0.15, 0.2) is 29.4 Å². The lowest BCUT2D eigenvalue weighted by molar-refractivity contribution is 0.152. The number of nitrogens with two attached hydrogens (primary N) is 2. The van der Waals surface area contributed by atoms with E-state index >= 15 is 0 Å². The first kappa shape index (κ1) is 14.8. The lowest BCUT2D eigenvalue weighted by atomic mass is 10.0. The highest BCUT2D eigenvalue weighted by Crippen LogP contribution is 2.12. The summed E-state index contributed by atoms with van der Waals surface area (Å²) >= 11 is 5.67. The molecule has 0 saturated heterocycles. The second-order valence-corrected chi connectivity index (χ2v) is 4.31. The minimum absolute atomic E-state index is 0.425. The Morgan fingerprint density at radius 1 is 1.22 bits per heavy atom. The van der Waals surface area contributed by atoms with Crippen molar-refractivity contribution in [2.75, 3.05) is 24.8 Å². The van der Waals surface area contributed by atoms with Crippen LogP contribution >= 0.6 is 11.6 Å². The van der Waals surface area contributed by atoms with E-state index in [1.807, 2.05) is 24.3 Å². The molecule has 18 heavy (non-hydrogen) atoms. The summed E-state index contributed by atoms with van der Waals surface area (Å²) in [7, 11) is 0. The Kier molecular flexibility index (Phi) is 7.22. The molecule has 0 spiro atoms. The molecule has 0 atom stereocenters. The number of alkyl halides is 1. The lowest BCUT2D eigenvalue weighted by Crippen LogP contribution is -2.08. The minimum atomic E-state index is 0.425. The third kappa shape index (κ3) is 5.38. The van der Waals surface area contributed by atoms with Crippen molar-refractivity contribution >= 4 is 23.0 Å². The van der Waals surface area contributed by atoms with Crippen molar-refractivity contribution < 1.29 is 4.84 Å². The number of halogens is 1. The molecule has 4 N–H and O–H groups in total. The van der Waals surface area contributed by atoms with Gasteiger partial charge in [-0.05, 0) is 37.0 Å². The molecular formula is C13H20ClN3O. The van der Waals surface area contributed by atoms with Gasteiger partial charge < -0.3 is 16.3 Å². The summed E-state index contributed by atoms with van der Waals surface area (Å²) in [5.74, 6) is 0.665. The van der Waals surface area contributed by atoms with Crippen LogP contribution in [0.2, 0.25) is 0 Å². The number of oxime groups is 1. The van der Waals surface area contributed by atoms with Gasteiger partial charge in [0.25, 0.3) is 0 Å². The van der Waals surface area contributed by atoms with Crippen molar-refractivity contribution in [3.8, 4) is 0 Å². The molecule has 1 rings (SSSR count). The van der Waals surface area contributed by atoms with Crippen LogP contribution in [0.4, 0.5) is 5.69 Å². The van der Waals surface area contributed by atoms with Crippen LogP contribution in [0.1, 0.15) is 24.8 Å². The molecule has 5 heteroatoms. The largest absolute Gasteiger partial charge is 0.399 e. The number of rotatable bonds is 8. The number of benzene rings is 1. The van der Waals surface area contributed by atoms with Crippen LogP contribution in [-0.4, -0.2) is 24.7 Å². The fourth-order valence-corrected chi connectivity index (χ4v) is 1.67. The van der Waals surface area contributed by atoms with Crippen LogP contribution in [-0.2, 0) is 4.84 Å². The molecule has 0 radical (unpaired) electrons. The maximum absolute atomic E-state index is 5.67. The van der Waals surface area contributed by atoms with E-state index < -0.39 is 0 Å². The van der Waals surface area contributed by atoms with Gasteiger partial charge in [0.1, 0.15) is 6.61 Å². The number of hydrogen-bond donors (Lipinski definition) is 2. The van der Waals surface area contributed by atoms with Gasteiger partial charge in [-0.1, -0.05) is 17.3 Å². The number of nitrogens with zero attached hydrogens (tertiary/aromatic N) is 1. The predicted molar refractivity (Wildman–Crippen MR) is 77.0 cm³/mol. The molecule has 0 aliphatic carbocycles. The van der Waals surface area contributed by atoms with E-state index in [0.717, 1.165) is 36.2 Å². The van der Waals surface area contributed by atoms with Gasteiger partial charge in [-0.3, -0.25) is 0 Å². The summed E-state index contributed by atoms with van der Waals surface area (Å²) in [6.45, 7) is 0.883. The molecular weight excluding hydrogens is 250 g/mol. The Hall–Kier alpha value is -1.26. The summed E-state index contributed by atoms with van der Waals surface area (Å²) in [5, 5.41) is 4.14. The maximum Gasteiger partial charge on any atom is 0.129 e. The zero-order valence-electron chi connectivity index (χ0n) is 10.4. The number of anilines is 1. The van der Waals surface area contributed by atoms with Crippen LogP contribution in [0.25, 0.3) is 0 Å². The Labute approximate surface area is 113 Å². The molecule has 0 aliphatic rings. The zero-order chi connectivity index (χ0) is 13.2. The highest BCUT2D eigenvalue weighted by molar-refractivity contribution is 6.17. The van der Waals surface area contributed by atoms with Gasteiger partial charge in [0.15, 0.2) is 0 Å². The van der Waals surface area contributed by atoms with Gasteiger partial charge >= 0.3 is 0 Å². The lowest BCUT2D eigenvalue weighted by Gasteiger charge is -2.07. The van der Waals surface area contributed by atoms with Crippen molar-refractivity contribution in [2.45, 2.75) is 19.3 Å². The molecule has 0 saturated carbocycles. The average molecular weight is 270 g/mol. The van der Waals surface area contributed by atoms with Crippen LogP contribution in [0.3, 0.4) is 0 Å². The smallest absolute Gasteiger partial charge is 0.129 e. The zero-order valence-corrected chi connectivity index (χ0v) is 11.2. The van der Waals surface area contributed by atoms with Crippen molar-refractivity contribution in [2.24, 2.45) is 10.9 Å². The van der Waals surface area contributed by atoms with Crippen molar-refractivity contribution in [3.05, 3.63) is 29.8 Å². The Morgan fingerprint density at radius 3 is 2.56 bits per heavy atom. The summed E-state index contributed by atoms with van der Waals surface area (Å²) < 4.78 is 0. The van der Waals surface area contributed by atoms with E-state index in [-0.39, 0.29) is 0 Å². The molecule has 0 aromatic heterocycles. The Morgan fingerprint density at radius 2 is 1.94 bits per heavy atom. The van der Waals surface area contributed by atoms with E-state index in [2.05, 4.69) is 5.16 Å². The molecule has 0 fully saturated rings. The van der Waals surface area contributed by atoms with Gasteiger partial charge in [-0.15, -0.1) is 11.6 Å². The predicted octanol–water partition coefficient (Wildman–Crippen LogP) is 2.36. The Bertz CT molecular complexity index is 365. The maximum atomic E-state index is 5.67. The van der Waals surface area contributed by atoms with Gasteiger partial charge in [0, 0.05) is 18.1 Å². The topological polar surface area (TPSA) is 73.6 Å². The van der Waals surface area contributed by atoms with E-state index in [0.29, 0.717) is 19.0 Å². The van der Waals surface area contributed by atoms with E-state index in [1.165, 1.54) is 0 Å². The summed E-state index contributed by atoms with van der Waals surface area (Å²) in [6, 6.07) is 7.60. The van der Waals surface area contributed by atoms with Gasteiger partial charge in [0.05, 0.1) is 5.71 Å². The highest BCUT2D eigenvalue weighted by atomic mass is 35.5. The monoisotopic (exact) mass is 269 g/mol. The van der Waals surface area contributed by atoms with Crippen LogP contribution in [0.5, 0.6) is 0 Å². The standard InChI is InChI=1S/C13H20ClN3O/c14-8-2-1-3-13(17-18-10-9-15)11-4-6-12(16)7-5-11/h4-7H,1-3,8-10,15-16H2. The average Bonchev–Trinajstić information content (AvgIpc) is 2.38. The SMILES string of the molecule is NCCON=C(CCCCCl)c1ccc(N)cc1. The summed E-state index contributed by atoms with van der Waals surface area (Å²) in [5.41, 5.74) is 13.7. The minimum Gasteiger partial charge on any atom is -0.399 e. The highest BCUT2D eigenvalue weighted by Gasteiger charge is 2.04. The van der Waals surface area contributed by atoms with Crippen molar-refractivity contribution in [3.63, 3.8) is 0 Å². The molecule has 0 heterocycles. The first-order valence-electron chi connectivity index (χ1n) is 6.08. The number of nitrogen functional groups attached to an aromatic ring is 1. The quantitative estimate of drug-likeness (QED) is 0.250. The fourth-order valence-electron chi connectivity index (χ4n) is 1.48. The Balaban J connectivity index is 2.69. The van der Waals surface area contributed by atoms with E-state index in [9.17, 15) is 0 Å². The third-order valence-corrected chi connectivity index (χ3v) is 2.69. The normalized spacial score (nSPS) is 11.6. The number of hydrogen-bond acceptors (Lipinski definition) is 4. The third-order valence-electron chi connectivity index (χ3n) is 2.42. The van der Waals surface area contributed by atoms with E-state index in [4.69, 9.17) is 27.9 Å². The van der Waals surface area contributed by atoms with Crippen molar-refractivity contribution in [1.82, 2.24) is 0 Å². The molecule has 0 bridgehead atoms. The molecule has 100 valence electrons. The molecule has 1 aromatic rings. The second-order valence-electron chi connectivity index (χ2n) is 3.93.